The van der Waals surface area contributed by atoms with Crippen molar-refractivity contribution in [3.05, 3.63) is 48.0 Å². The first-order valence-corrected chi connectivity index (χ1v) is 10.1. The Hall–Kier alpha value is -2.36. The van der Waals surface area contributed by atoms with Crippen LogP contribution in [0.3, 0.4) is 0 Å². The number of fused-ring (bicyclic) bond motifs is 1. The summed E-state index contributed by atoms with van der Waals surface area (Å²) in [6, 6.07) is 12.9. The van der Waals surface area contributed by atoms with Crippen molar-refractivity contribution in [1.82, 2.24) is 5.32 Å². The zero-order valence-corrected chi connectivity index (χ0v) is 16.2. The number of carbonyl (C=O) groups excluding carboxylic acids is 1. The minimum atomic E-state index is -0.990. The third-order valence-electron chi connectivity index (χ3n) is 4.94. The third-order valence-corrected chi connectivity index (χ3v) is 4.94. The Morgan fingerprint density at radius 3 is 2.33 bits per heavy atom. The lowest BCUT2D eigenvalue weighted by atomic mass is 9.98. The maximum Gasteiger partial charge on any atom is 0.326 e. The lowest BCUT2D eigenvalue weighted by Gasteiger charge is -2.16. The molecule has 2 aromatic carbocycles. The SMILES string of the molecule is CCCCCCCCCC(=O)N[C@@H](Cc1cccc2ccccc12)C(=O)O. The Morgan fingerprint density at radius 2 is 1.59 bits per heavy atom. The van der Waals surface area contributed by atoms with E-state index in [4.69, 9.17) is 0 Å². The number of rotatable bonds is 12. The van der Waals surface area contributed by atoms with Gasteiger partial charge in [-0.05, 0) is 22.8 Å². The van der Waals surface area contributed by atoms with Crippen molar-refractivity contribution in [1.29, 1.82) is 0 Å². The molecule has 4 nitrogen and oxygen atoms in total. The first-order chi connectivity index (χ1) is 13.1. The Balaban J connectivity index is 1.84. The van der Waals surface area contributed by atoms with Gasteiger partial charge in [0.05, 0.1) is 0 Å². The van der Waals surface area contributed by atoms with E-state index >= 15 is 0 Å². The number of hydrogen-bond acceptors (Lipinski definition) is 2. The van der Waals surface area contributed by atoms with E-state index in [0.717, 1.165) is 35.6 Å². The lowest BCUT2D eigenvalue weighted by molar-refractivity contribution is -0.141. The van der Waals surface area contributed by atoms with Crippen LogP contribution in [0.2, 0.25) is 0 Å². The monoisotopic (exact) mass is 369 g/mol. The highest BCUT2D eigenvalue weighted by atomic mass is 16.4. The molecule has 0 aliphatic rings. The van der Waals surface area contributed by atoms with Gasteiger partial charge in [-0.3, -0.25) is 4.79 Å². The fraction of sp³-hybridized carbons (Fsp3) is 0.478. The van der Waals surface area contributed by atoms with Gasteiger partial charge in [-0.1, -0.05) is 87.9 Å². The fourth-order valence-corrected chi connectivity index (χ4v) is 3.40. The molecule has 27 heavy (non-hydrogen) atoms. The van der Waals surface area contributed by atoms with E-state index in [1.807, 2.05) is 42.5 Å². The van der Waals surface area contributed by atoms with Gasteiger partial charge in [0.25, 0.3) is 0 Å². The van der Waals surface area contributed by atoms with Gasteiger partial charge in [-0.25, -0.2) is 4.79 Å². The summed E-state index contributed by atoms with van der Waals surface area (Å²) in [7, 11) is 0. The first kappa shape index (κ1) is 20.9. The van der Waals surface area contributed by atoms with Gasteiger partial charge in [0.1, 0.15) is 6.04 Å². The highest BCUT2D eigenvalue weighted by molar-refractivity contribution is 5.88. The highest BCUT2D eigenvalue weighted by Crippen LogP contribution is 2.20. The number of nitrogens with one attached hydrogen (secondary N) is 1. The van der Waals surface area contributed by atoms with E-state index in [9.17, 15) is 14.7 Å². The van der Waals surface area contributed by atoms with Crippen LogP contribution in [0.15, 0.2) is 42.5 Å². The second-order valence-electron chi connectivity index (χ2n) is 7.17. The standard InChI is InChI=1S/C23H31NO3/c1-2-3-4-5-6-7-8-16-22(25)24-21(23(26)27)17-19-14-11-13-18-12-9-10-15-20(18)19/h9-15,21H,2-8,16-17H2,1H3,(H,24,25)(H,26,27)/t21-/m0/s1. The van der Waals surface area contributed by atoms with Crippen LogP contribution in [0.5, 0.6) is 0 Å². The van der Waals surface area contributed by atoms with E-state index in [-0.39, 0.29) is 5.91 Å². The van der Waals surface area contributed by atoms with Gasteiger partial charge >= 0.3 is 5.97 Å². The van der Waals surface area contributed by atoms with Crippen LogP contribution in [0.1, 0.15) is 63.9 Å². The normalized spacial score (nSPS) is 12.0. The fourth-order valence-electron chi connectivity index (χ4n) is 3.40. The van der Waals surface area contributed by atoms with E-state index in [2.05, 4.69) is 12.2 Å². The molecule has 0 aliphatic heterocycles. The Bertz CT molecular complexity index is 736. The zero-order chi connectivity index (χ0) is 19.5. The summed E-state index contributed by atoms with van der Waals surface area (Å²) in [5.74, 6) is -1.16. The molecule has 0 radical (unpaired) electrons. The second kappa shape index (κ2) is 11.4. The Kier molecular flexibility index (Phi) is 8.82. The largest absolute Gasteiger partial charge is 0.480 e. The molecule has 146 valence electrons. The molecule has 2 N–H and O–H groups in total. The molecule has 0 saturated heterocycles. The minimum Gasteiger partial charge on any atom is -0.480 e. The molecular formula is C23H31NO3. The van der Waals surface area contributed by atoms with Crippen molar-refractivity contribution in [3.8, 4) is 0 Å². The van der Waals surface area contributed by atoms with Crippen LogP contribution in [0.25, 0.3) is 10.8 Å². The molecule has 2 aromatic rings. The molecule has 0 bridgehead atoms. The molecular weight excluding hydrogens is 338 g/mol. The van der Waals surface area contributed by atoms with Crippen LogP contribution in [0.4, 0.5) is 0 Å². The van der Waals surface area contributed by atoms with Crippen molar-refractivity contribution in [2.75, 3.05) is 0 Å². The quantitative estimate of drug-likeness (QED) is 0.512. The number of aliphatic carboxylic acids is 1. The average Bonchev–Trinajstić information content (AvgIpc) is 2.67. The maximum atomic E-state index is 12.2. The van der Waals surface area contributed by atoms with Gasteiger partial charge in [0.2, 0.25) is 5.91 Å². The minimum absolute atomic E-state index is 0.170. The van der Waals surface area contributed by atoms with E-state index in [1.165, 1.54) is 25.7 Å². The van der Waals surface area contributed by atoms with Gasteiger partial charge in [-0.2, -0.15) is 0 Å². The van der Waals surface area contributed by atoms with Crippen molar-refractivity contribution in [2.24, 2.45) is 0 Å². The average molecular weight is 370 g/mol. The molecule has 1 atom stereocenters. The number of carbonyl (C=O) groups is 2. The maximum absolute atomic E-state index is 12.2. The summed E-state index contributed by atoms with van der Waals surface area (Å²) in [5, 5.41) is 14.3. The molecule has 0 fully saturated rings. The van der Waals surface area contributed by atoms with Crippen LogP contribution >= 0.6 is 0 Å². The van der Waals surface area contributed by atoms with Crippen molar-refractivity contribution < 1.29 is 14.7 Å². The summed E-state index contributed by atoms with van der Waals surface area (Å²) in [5.41, 5.74) is 0.941. The van der Waals surface area contributed by atoms with Crippen LogP contribution in [0, 0.1) is 0 Å². The molecule has 2 rings (SSSR count). The summed E-state index contributed by atoms with van der Waals surface area (Å²) < 4.78 is 0. The van der Waals surface area contributed by atoms with E-state index in [0.29, 0.717) is 12.8 Å². The summed E-state index contributed by atoms with van der Waals surface area (Å²) in [6.45, 7) is 2.20. The summed E-state index contributed by atoms with van der Waals surface area (Å²) >= 11 is 0. The summed E-state index contributed by atoms with van der Waals surface area (Å²) in [4.78, 5) is 23.8. The van der Waals surface area contributed by atoms with Gasteiger partial charge in [0.15, 0.2) is 0 Å². The second-order valence-corrected chi connectivity index (χ2v) is 7.17. The van der Waals surface area contributed by atoms with Gasteiger partial charge in [0, 0.05) is 12.8 Å². The predicted octanol–water partition coefficient (Wildman–Crippen LogP) is 5.09. The summed E-state index contributed by atoms with van der Waals surface area (Å²) in [6.07, 6.45) is 8.66. The van der Waals surface area contributed by atoms with Gasteiger partial charge in [-0.15, -0.1) is 0 Å². The molecule has 0 aromatic heterocycles. The Morgan fingerprint density at radius 1 is 0.926 bits per heavy atom. The van der Waals surface area contributed by atoms with E-state index < -0.39 is 12.0 Å². The van der Waals surface area contributed by atoms with Crippen molar-refractivity contribution in [2.45, 2.75) is 70.8 Å². The number of unbranched alkanes of at least 4 members (excludes halogenated alkanes) is 6. The number of benzene rings is 2. The molecule has 0 heterocycles. The molecule has 0 aliphatic carbocycles. The predicted molar refractivity (Wildman–Crippen MR) is 110 cm³/mol. The molecule has 0 unspecified atom stereocenters. The van der Waals surface area contributed by atoms with Crippen LogP contribution in [-0.2, 0) is 16.0 Å². The third kappa shape index (κ3) is 7.05. The smallest absolute Gasteiger partial charge is 0.326 e. The number of carboxylic acids is 1. The molecule has 4 heteroatoms. The number of hydrogen-bond donors (Lipinski definition) is 2. The van der Waals surface area contributed by atoms with Crippen LogP contribution < -0.4 is 5.32 Å². The zero-order valence-electron chi connectivity index (χ0n) is 16.2. The van der Waals surface area contributed by atoms with Gasteiger partial charge < -0.3 is 10.4 Å². The topological polar surface area (TPSA) is 66.4 Å². The lowest BCUT2D eigenvalue weighted by Crippen LogP contribution is -2.42. The van der Waals surface area contributed by atoms with E-state index in [1.54, 1.807) is 0 Å². The van der Waals surface area contributed by atoms with Crippen molar-refractivity contribution in [3.63, 3.8) is 0 Å². The number of carboxylic acid groups (broad SMARTS) is 1. The molecule has 1 amide bonds. The van der Waals surface area contributed by atoms with Crippen LogP contribution in [-0.4, -0.2) is 23.0 Å². The Labute approximate surface area is 162 Å². The highest BCUT2D eigenvalue weighted by Gasteiger charge is 2.21. The first-order valence-electron chi connectivity index (χ1n) is 10.1. The number of amides is 1. The van der Waals surface area contributed by atoms with Crippen molar-refractivity contribution >= 4 is 22.6 Å². The molecule has 0 spiro atoms. The molecule has 0 saturated carbocycles.